The Hall–Kier alpha value is -1.14. The number of aromatic nitrogens is 2. The molecule has 0 aliphatic carbocycles. The lowest BCUT2D eigenvalue weighted by Gasteiger charge is -2.20. The zero-order valence-electron chi connectivity index (χ0n) is 13.0. The second kappa shape index (κ2) is 6.32. The lowest BCUT2D eigenvalue weighted by molar-refractivity contribution is 0.546. The number of hydrogen-bond donors (Lipinski definition) is 2. The Morgan fingerprint density at radius 1 is 1.24 bits per heavy atom. The molecule has 0 saturated heterocycles. The minimum absolute atomic E-state index is 0.0841. The van der Waals surface area contributed by atoms with E-state index in [9.17, 15) is 0 Å². The summed E-state index contributed by atoms with van der Waals surface area (Å²) in [6.45, 7) is 9.15. The van der Waals surface area contributed by atoms with Crippen molar-refractivity contribution >= 4 is 38.9 Å². The normalized spacial score (nSPS) is 11.5. The Labute approximate surface area is 138 Å². The van der Waals surface area contributed by atoms with E-state index in [1.54, 1.807) is 11.3 Å². The summed E-state index contributed by atoms with van der Waals surface area (Å²) in [7, 11) is 1.89. The molecule has 2 rings (SSSR count). The summed E-state index contributed by atoms with van der Waals surface area (Å²) in [6.07, 6.45) is 0. The molecule has 4 nitrogen and oxygen atoms in total. The first-order chi connectivity index (χ1) is 9.82. The molecule has 2 aromatic heterocycles. The molecule has 0 bridgehead atoms. The number of nitrogens with zero attached hydrogens (tertiary/aromatic N) is 2. The van der Waals surface area contributed by atoms with E-state index in [4.69, 9.17) is 4.98 Å². The van der Waals surface area contributed by atoms with Crippen LogP contribution in [0.3, 0.4) is 0 Å². The minimum atomic E-state index is -0.0841. The van der Waals surface area contributed by atoms with Crippen LogP contribution in [0.5, 0.6) is 0 Å². The van der Waals surface area contributed by atoms with Crippen molar-refractivity contribution in [3.05, 3.63) is 32.2 Å². The van der Waals surface area contributed by atoms with Crippen LogP contribution in [0.1, 0.15) is 37.0 Å². The van der Waals surface area contributed by atoms with E-state index in [1.165, 1.54) is 4.88 Å². The van der Waals surface area contributed by atoms with Gasteiger partial charge in [0, 0.05) is 27.4 Å². The van der Waals surface area contributed by atoms with Gasteiger partial charge in [0.25, 0.3) is 0 Å². The Morgan fingerprint density at radius 3 is 2.43 bits per heavy atom. The molecular weight excluding hydrogens is 348 g/mol. The molecule has 0 amide bonds. The first kappa shape index (κ1) is 16.2. The Balaban J connectivity index is 2.31. The molecule has 0 unspecified atom stereocenters. The maximum atomic E-state index is 4.71. The fourth-order valence-electron chi connectivity index (χ4n) is 1.88. The standard InChI is InChI=1S/C15H21BrN4S/c1-9-12(17-5)19-14(15(2,3)4)20-13(9)18-8-11-10(16)6-7-21-11/h6-7H,8H2,1-5H3,(H2,17,18,19,20). The van der Waals surface area contributed by atoms with E-state index in [0.29, 0.717) is 0 Å². The van der Waals surface area contributed by atoms with Crippen LogP contribution in [0.15, 0.2) is 15.9 Å². The van der Waals surface area contributed by atoms with Crippen molar-refractivity contribution in [2.45, 2.75) is 39.7 Å². The van der Waals surface area contributed by atoms with Crippen molar-refractivity contribution in [1.29, 1.82) is 0 Å². The molecule has 114 valence electrons. The lowest BCUT2D eigenvalue weighted by Crippen LogP contribution is -2.19. The SMILES string of the molecule is CNc1nc(C(C)(C)C)nc(NCc2sccc2Br)c1C. The number of halogens is 1. The largest absolute Gasteiger partial charge is 0.373 e. The summed E-state index contributed by atoms with van der Waals surface area (Å²) in [6, 6.07) is 2.06. The first-order valence-corrected chi connectivity index (χ1v) is 8.53. The van der Waals surface area contributed by atoms with Crippen molar-refractivity contribution in [1.82, 2.24) is 9.97 Å². The van der Waals surface area contributed by atoms with Crippen LogP contribution in [0, 0.1) is 6.92 Å². The average molecular weight is 369 g/mol. The highest BCUT2D eigenvalue weighted by atomic mass is 79.9. The maximum absolute atomic E-state index is 4.71. The first-order valence-electron chi connectivity index (χ1n) is 6.85. The van der Waals surface area contributed by atoms with E-state index in [2.05, 4.69) is 63.8 Å². The smallest absolute Gasteiger partial charge is 0.138 e. The molecule has 0 saturated carbocycles. The summed E-state index contributed by atoms with van der Waals surface area (Å²) in [4.78, 5) is 10.6. The van der Waals surface area contributed by atoms with Crippen molar-refractivity contribution in [2.24, 2.45) is 0 Å². The minimum Gasteiger partial charge on any atom is -0.373 e. The van der Waals surface area contributed by atoms with E-state index in [1.807, 2.05) is 14.0 Å². The number of hydrogen-bond acceptors (Lipinski definition) is 5. The highest BCUT2D eigenvalue weighted by Gasteiger charge is 2.21. The summed E-state index contributed by atoms with van der Waals surface area (Å²) < 4.78 is 1.14. The third-order valence-electron chi connectivity index (χ3n) is 3.16. The Bertz CT molecular complexity index is 631. The van der Waals surface area contributed by atoms with E-state index in [0.717, 1.165) is 34.0 Å². The molecule has 0 spiro atoms. The summed E-state index contributed by atoms with van der Waals surface area (Å²) >= 11 is 5.28. The molecule has 0 fully saturated rings. The molecule has 21 heavy (non-hydrogen) atoms. The highest BCUT2D eigenvalue weighted by molar-refractivity contribution is 9.10. The van der Waals surface area contributed by atoms with Crippen molar-refractivity contribution in [3.8, 4) is 0 Å². The van der Waals surface area contributed by atoms with Gasteiger partial charge in [-0.2, -0.15) is 0 Å². The maximum Gasteiger partial charge on any atom is 0.138 e. The van der Waals surface area contributed by atoms with E-state index < -0.39 is 0 Å². The Kier molecular flexibility index (Phi) is 4.88. The molecule has 0 radical (unpaired) electrons. The molecule has 2 aromatic rings. The molecule has 0 aliphatic heterocycles. The van der Waals surface area contributed by atoms with Crippen LogP contribution in [0.25, 0.3) is 0 Å². The van der Waals surface area contributed by atoms with Gasteiger partial charge in [0.1, 0.15) is 17.5 Å². The topological polar surface area (TPSA) is 49.8 Å². The number of thiophene rings is 1. The fraction of sp³-hybridized carbons (Fsp3) is 0.467. The second-order valence-corrected chi connectivity index (χ2v) is 7.77. The predicted molar refractivity (Wildman–Crippen MR) is 94.4 cm³/mol. The van der Waals surface area contributed by atoms with Crippen LogP contribution in [-0.2, 0) is 12.0 Å². The quantitative estimate of drug-likeness (QED) is 0.830. The van der Waals surface area contributed by atoms with Crippen molar-refractivity contribution in [3.63, 3.8) is 0 Å². The summed E-state index contributed by atoms with van der Waals surface area (Å²) in [5, 5.41) is 8.66. The van der Waals surface area contributed by atoms with Gasteiger partial charge in [-0.25, -0.2) is 9.97 Å². The molecule has 0 aliphatic rings. The van der Waals surface area contributed by atoms with Gasteiger partial charge in [0.15, 0.2) is 0 Å². The van der Waals surface area contributed by atoms with Crippen LogP contribution in [-0.4, -0.2) is 17.0 Å². The molecule has 2 heterocycles. The fourth-order valence-corrected chi connectivity index (χ4v) is 3.32. The molecular formula is C15H21BrN4S. The van der Waals surface area contributed by atoms with Crippen molar-refractivity contribution < 1.29 is 0 Å². The third kappa shape index (κ3) is 3.74. The van der Waals surface area contributed by atoms with Gasteiger partial charge in [0.05, 0.1) is 6.54 Å². The predicted octanol–water partition coefficient (Wildman–Crippen LogP) is 4.56. The van der Waals surface area contributed by atoms with Crippen molar-refractivity contribution in [2.75, 3.05) is 17.7 Å². The molecule has 0 atom stereocenters. The number of nitrogens with one attached hydrogen (secondary N) is 2. The monoisotopic (exact) mass is 368 g/mol. The van der Waals surface area contributed by atoms with Crippen LogP contribution >= 0.6 is 27.3 Å². The van der Waals surface area contributed by atoms with E-state index in [-0.39, 0.29) is 5.41 Å². The van der Waals surface area contributed by atoms with Gasteiger partial charge in [-0.1, -0.05) is 20.8 Å². The highest BCUT2D eigenvalue weighted by Crippen LogP contribution is 2.28. The zero-order chi connectivity index (χ0) is 15.6. The van der Waals surface area contributed by atoms with Gasteiger partial charge in [-0.05, 0) is 34.3 Å². The van der Waals surface area contributed by atoms with Crippen LogP contribution in [0.4, 0.5) is 11.6 Å². The summed E-state index contributed by atoms with van der Waals surface area (Å²) in [5.41, 5.74) is 0.956. The van der Waals surface area contributed by atoms with Gasteiger partial charge < -0.3 is 10.6 Å². The second-order valence-electron chi connectivity index (χ2n) is 5.91. The lowest BCUT2D eigenvalue weighted by atomic mass is 9.95. The van der Waals surface area contributed by atoms with Gasteiger partial charge >= 0.3 is 0 Å². The zero-order valence-corrected chi connectivity index (χ0v) is 15.4. The molecule has 2 N–H and O–H groups in total. The van der Waals surface area contributed by atoms with Gasteiger partial charge in [-0.15, -0.1) is 11.3 Å². The van der Waals surface area contributed by atoms with Gasteiger partial charge in [-0.3, -0.25) is 0 Å². The van der Waals surface area contributed by atoms with E-state index >= 15 is 0 Å². The summed E-state index contributed by atoms with van der Waals surface area (Å²) in [5.74, 6) is 2.60. The third-order valence-corrected chi connectivity index (χ3v) is 5.09. The number of rotatable bonds is 4. The van der Waals surface area contributed by atoms with Gasteiger partial charge in [0.2, 0.25) is 0 Å². The average Bonchev–Trinajstić information content (AvgIpc) is 2.82. The van der Waals surface area contributed by atoms with Crippen LogP contribution in [0.2, 0.25) is 0 Å². The molecule has 0 aromatic carbocycles. The Morgan fingerprint density at radius 2 is 1.90 bits per heavy atom. The molecule has 6 heteroatoms. The number of anilines is 2. The van der Waals surface area contributed by atoms with Crippen LogP contribution < -0.4 is 10.6 Å².